The second-order valence-electron chi connectivity index (χ2n) is 3.54. The highest BCUT2D eigenvalue weighted by atomic mass is 16.5. The average molecular weight is 141 g/mol. The van der Waals surface area contributed by atoms with E-state index in [2.05, 4.69) is 11.9 Å². The quantitative estimate of drug-likeness (QED) is 0.537. The van der Waals surface area contributed by atoms with Crippen LogP contribution in [0.3, 0.4) is 0 Å². The molecule has 0 N–H and O–H groups in total. The van der Waals surface area contributed by atoms with Gasteiger partial charge in [0, 0.05) is 19.2 Å². The third-order valence-corrected chi connectivity index (χ3v) is 3.13. The fourth-order valence-corrected chi connectivity index (χ4v) is 2.22. The molecule has 58 valence electrons. The molecule has 1 atom stereocenters. The van der Waals surface area contributed by atoms with E-state index in [-0.39, 0.29) is 0 Å². The van der Waals surface area contributed by atoms with Crippen LogP contribution in [0.2, 0.25) is 0 Å². The second-order valence-corrected chi connectivity index (χ2v) is 3.54. The minimum Gasteiger partial charge on any atom is -0.379 e. The van der Waals surface area contributed by atoms with E-state index in [0.29, 0.717) is 11.6 Å². The van der Waals surface area contributed by atoms with Crippen molar-refractivity contribution in [1.29, 1.82) is 0 Å². The molecule has 1 saturated heterocycles. The lowest BCUT2D eigenvalue weighted by Crippen LogP contribution is -2.35. The molecule has 1 unspecified atom stereocenters. The van der Waals surface area contributed by atoms with Crippen LogP contribution in [-0.2, 0) is 4.74 Å². The molecule has 2 heteroatoms. The summed E-state index contributed by atoms with van der Waals surface area (Å²) >= 11 is 0. The van der Waals surface area contributed by atoms with Crippen molar-refractivity contribution in [3.63, 3.8) is 0 Å². The molecule has 0 bridgehead atoms. The number of likely N-dealkylation sites (tertiary alicyclic amines) is 1. The van der Waals surface area contributed by atoms with E-state index in [1.165, 1.54) is 25.8 Å². The van der Waals surface area contributed by atoms with Crippen LogP contribution >= 0.6 is 0 Å². The molecule has 2 aliphatic rings. The number of nitrogens with zero attached hydrogens (tertiary/aromatic N) is 1. The minimum absolute atomic E-state index is 0.481. The SMILES string of the molecule is COC1CCN(C)C12CC2. The third kappa shape index (κ3) is 0.663. The van der Waals surface area contributed by atoms with Crippen LogP contribution < -0.4 is 0 Å². The van der Waals surface area contributed by atoms with E-state index >= 15 is 0 Å². The molecule has 0 amide bonds. The first-order valence-corrected chi connectivity index (χ1v) is 4.04. The molecule has 1 spiro atoms. The summed E-state index contributed by atoms with van der Waals surface area (Å²) in [5.74, 6) is 0. The van der Waals surface area contributed by atoms with E-state index in [9.17, 15) is 0 Å². The summed E-state index contributed by atoms with van der Waals surface area (Å²) in [6.45, 7) is 1.22. The molecule has 0 aromatic carbocycles. The van der Waals surface area contributed by atoms with E-state index in [1.807, 2.05) is 7.11 Å². The summed E-state index contributed by atoms with van der Waals surface area (Å²) < 4.78 is 5.42. The van der Waals surface area contributed by atoms with Crippen molar-refractivity contribution in [3.8, 4) is 0 Å². The number of methoxy groups -OCH3 is 1. The van der Waals surface area contributed by atoms with E-state index in [4.69, 9.17) is 4.74 Å². The number of hydrogen-bond donors (Lipinski definition) is 0. The Morgan fingerprint density at radius 3 is 2.60 bits per heavy atom. The number of ether oxygens (including phenoxy) is 1. The molecule has 1 aliphatic heterocycles. The standard InChI is InChI=1S/C8H15NO/c1-9-6-3-7(10-2)8(9)4-5-8/h7H,3-6H2,1-2H3. The maximum Gasteiger partial charge on any atom is 0.0767 e. The zero-order chi connectivity index (χ0) is 7.19. The van der Waals surface area contributed by atoms with Crippen LogP contribution in [0.1, 0.15) is 19.3 Å². The van der Waals surface area contributed by atoms with Gasteiger partial charge in [-0.1, -0.05) is 0 Å². The van der Waals surface area contributed by atoms with Crippen molar-refractivity contribution in [2.75, 3.05) is 20.7 Å². The molecule has 1 saturated carbocycles. The lowest BCUT2D eigenvalue weighted by atomic mass is 10.1. The fraction of sp³-hybridized carbons (Fsp3) is 1.00. The Morgan fingerprint density at radius 1 is 1.50 bits per heavy atom. The van der Waals surface area contributed by atoms with Gasteiger partial charge in [0.05, 0.1) is 6.10 Å². The average Bonchev–Trinajstić information content (AvgIpc) is 2.63. The highest BCUT2D eigenvalue weighted by Crippen LogP contribution is 2.49. The monoisotopic (exact) mass is 141 g/mol. The zero-order valence-electron chi connectivity index (χ0n) is 6.76. The van der Waals surface area contributed by atoms with Crippen LogP contribution in [0.15, 0.2) is 0 Å². The lowest BCUT2D eigenvalue weighted by Gasteiger charge is -2.22. The van der Waals surface area contributed by atoms with Crippen LogP contribution in [0.4, 0.5) is 0 Å². The van der Waals surface area contributed by atoms with Crippen molar-refractivity contribution < 1.29 is 4.74 Å². The molecular weight excluding hydrogens is 126 g/mol. The zero-order valence-corrected chi connectivity index (χ0v) is 6.76. The van der Waals surface area contributed by atoms with E-state index in [0.717, 1.165) is 0 Å². The van der Waals surface area contributed by atoms with Crippen LogP contribution in [-0.4, -0.2) is 37.2 Å². The van der Waals surface area contributed by atoms with Crippen molar-refractivity contribution in [1.82, 2.24) is 4.90 Å². The molecule has 0 aromatic rings. The Kier molecular flexibility index (Phi) is 1.29. The van der Waals surface area contributed by atoms with E-state index < -0.39 is 0 Å². The van der Waals surface area contributed by atoms with Gasteiger partial charge in [0.15, 0.2) is 0 Å². The van der Waals surface area contributed by atoms with E-state index in [1.54, 1.807) is 0 Å². The lowest BCUT2D eigenvalue weighted by molar-refractivity contribution is 0.0604. The summed E-state index contributed by atoms with van der Waals surface area (Å²) in [7, 11) is 4.05. The number of likely N-dealkylation sites (N-methyl/N-ethyl adjacent to an activating group) is 1. The van der Waals surface area contributed by atoms with Crippen molar-refractivity contribution >= 4 is 0 Å². The predicted octanol–water partition coefficient (Wildman–Crippen LogP) is 0.869. The number of rotatable bonds is 1. The molecule has 10 heavy (non-hydrogen) atoms. The van der Waals surface area contributed by atoms with Gasteiger partial charge in [-0.25, -0.2) is 0 Å². The van der Waals surface area contributed by atoms with Gasteiger partial charge in [-0.2, -0.15) is 0 Å². The molecule has 2 rings (SSSR count). The Morgan fingerprint density at radius 2 is 2.20 bits per heavy atom. The predicted molar refractivity (Wildman–Crippen MR) is 40.0 cm³/mol. The fourth-order valence-electron chi connectivity index (χ4n) is 2.22. The molecule has 0 aromatic heterocycles. The van der Waals surface area contributed by atoms with Gasteiger partial charge in [-0.3, -0.25) is 4.90 Å². The Balaban J connectivity index is 2.11. The Bertz CT molecular complexity index is 142. The first-order chi connectivity index (χ1) is 4.79. The molecular formula is C8H15NO. The molecule has 2 nitrogen and oxygen atoms in total. The topological polar surface area (TPSA) is 12.5 Å². The maximum absolute atomic E-state index is 5.42. The van der Waals surface area contributed by atoms with Crippen LogP contribution in [0, 0.1) is 0 Å². The first kappa shape index (κ1) is 6.62. The van der Waals surface area contributed by atoms with Gasteiger partial charge in [0.25, 0.3) is 0 Å². The van der Waals surface area contributed by atoms with Crippen molar-refractivity contribution in [2.45, 2.75) is 30.9 Å². The van der Waals surface area contributed by atoms with Gasteiger partial charge in [0.2, 0.25) is 0 Å². The van der Waals surface area contributed by atoms with Crippen LogP contribution in [0.25, 0.3) is 0 Å². The maximum atomic E-state index is 5.42. The first-order valence-electron chi connectivity index (χ1n) is 4.04. The van der Waals surface area contributed by atoms with Crippen molar-refractivity contribution in [2.24, 2.45) is 0 Å². The van der Waals surface area contributed by atoms with Gasteiger partial charge in [0.1, 0.15) is 0 Å². The van der Waals surface area contributed by atoms with Crippen molar-refractivity contribution in [3.05, 3.63) is 0 Å². The summed E-state index contributed by atoms with van der Waals surface area (Å²) in [6, 6.07) is 0. The summed E-state index contributed by atoms with van der Waals surface area (Å²) in [5, 5.41) is 0. The second kappa shape index (κ2) is 1.95. The van der Waals surface area contributed by atoms with Crippen LogP contribution in [0.5, 0.6) is 0 Å². The highest BCUT2D eigenvalue weighted by molar-refractivity contribution is 5.12. The highest BCUT2D eigenvalue weighted by Gasteiger charge is 2.56. The van der Waals surface area contributed by atoms with Gasteiger partial charge in [-0.15, -0.1) is 0 Å². The third-order valence-electron chi connectivity index (χ3n) is 3.13. The number of hydrogen-bond acceptors (Lipinski definition) is 2. The molecule has 1 aliphatic carbocycles. The normalized spacial score (nSPS) is 37.2. The van der Waals surface area contributed by atoms with Gasteiger partial charge >= 0.3 is 0 Å². The Labute approximate surface area is 62.2 Å². The summed E-state index contributed by atoms with van der Waals surface area (Å²) in [5.41, 5.74) is 0.481. The molecule has 2 fully saturated rings. The summed E-state index contributed by atoms with van der Waals surface area (Å²) in [6.07, 6.45) is 4.45. The van der Waals surface area contributed by atoms with Gasteiger partial charge < -0.3 is 4.74 Å². The Hall–Kier alpha value is -0.0800. The molecule has 0 radical (unpaired) electrons. The summed E-state index contributed by atoms with van der Waals surface area (Å²) in [4.78, 5) is 2.46. The minimum atomic E-state index is 0.481. The molecule has 1 heterocycles. The van der Waals surface area contributed by atoms with Gasteiger partial charge in [-0.05, 0) is 26.3 Å². The smallest absolute Gasteiger partial charge is 0.0767 e. The largest absolute Gasteiger partial charge is 0.379 e.